The average molecular weight is 961 g/mol. The zero-order valence-corrected chi connectivity index (χ0v) is 39.8. The molecule has 0 saturated carbocycles. The molecule has 0 spiro atoms. The number of carbonyl (C=O) groups excluding carboxylic acids is 5. The molecule has 0 N–H and O–H groups in total. The van der Waals surface area contributed by atoms with Crippen LogP contribution in [0.5, 0.6) is 34.5 Å². The Hall–Kier alpha value is -7.67. The summed E-state index contributed by atoms with van der Waals surface area (Å²) in [5.41, 5.74) is -0.115. The number of hydrogen-bond donors (Lipinski definition) is 0. The summed E-state index contributed by atoms with van der Waals surface area (Å²) in [5, 5.41) is 0. The minimum Gasteiger partial charge on any atom is -0.497 e. The molecule has 5 rings (SSSR count). The molecule has 1 heterocycles. The summed E-state index contributed by atoms with van der Waals surface area (Å²) in [6.07, 6.45) is -6.75. The van der Waals surface area contributed by atoms with E-state index in [1.54, 1.807) is 98.1 Å². The zero-order valence-electron chi connectivity index (χ0n) is 39.8. The van der Waals surface area contributed by atoms with Crippen LogP contribution in [0.25, 0.3) is 0 Å². The van der Waals surface area contributed by atoms with Gasteiger partial charge in [-0.25, -0.2) is 24.0 Å². The third-order valence-corrected chi connectivity index (χ3v) is 10.2. The molecule has 8 atom stereocenters. The first-order chi connectivity index (χ1) is 33.0. The first-order valence-electron chi connectivity index (χ1n) is 21.6. The van der Waals surface area contributed by atoms with Gasteiger partial charge >= 0.3 is 29.8 Å². The van der Waals surface area contributed by atoms with Crippen LogP contribution in [0, 0.1) is 6.92 Å². The van der Waals surface area contributed by atoms with Crippen molar-refractivity contribution >= 4 is 29.8 Å². The molecular weight excluding hydrogens is 905 g/mol. The van der Waals surface area contributed by atoms with Crippen molar-refractivity contribution in [3.05, 3.63) is 120 Å². The van der Waals surface area contributed by atoms with Crippen molar-refractivity contribution in [1.29, 1.82) is 0 Å². The normalized spacial score (nSPS) is 16.0. The Morgan fingerprint density at radius 2 is 0.957 bits per heavy atom. The van der Waals surface area contributed by atoms with Gasteiger partial charge in [0.15, 0.2) is 24.4 Å². The largest absolute Gasteiger partial charge is 0.497 e. The van der Waals surface area contributed by atoms with Gasteiger partial charge in [0.25, 0.3) is 6.29 Å². The second-order valence-corrected chi connectivity index (χ2v) is 15.2. The maximum Gasteiger partial charge on any atom is 0.350 e. The van der Waals surface area contributed by atoms with Gasteiger partial charge in [0, 0.05) is 7.11 Å². The number of methoxy groups -OCH3 is 5. The van der Waals surface area contributed by atoms with Gasteiger partial charge in [-0.1, -0.05) is 6.08 Å². The van der Waals surface area contributed by atoms with E-state index in [1.165, 1.54) is 62.0 Å². The summed E-state index contributed by atoms with van der Waals surface area (Å²) in [7, 11) is 7.14. The number of carbonyl (C=O) groups is 5. The summed E-state index contributed by atoms with van der Waals surface area (Å²) < 4.78 is 79.4. The SMILES string of the molecule is COC(=O)c1cc(C(OC(=O)C(C)Oc2ccc(OC)cc2)C(OC(=O)C(C)Oc2ccc(OC)cc2)C(OC(=O)C(C)OC2=CCC(OC)C=C2)OC(=O)C(C)Oc2ccc(OC)cc2)oc1C. The van der Waals surface area contributed by atoms with Crippen molar-refractivity contribution in [3.63, 3.8) is 0 Å². The molecule has 69 heavy (non-hydrogen) atoms. The van der Waals surface area contributed by atoms with Crippen molar-refractivity contribution < 1.29 is 90.0 Å². The molecule has 4 aromatic rings. The van der Waals surface area contributed by atoms with Gasteiger partial charge in [-0.15, -0.1) is 0 Å². The van der Waals surface area contributed by atoms with Crippen molar-refractivity contribution in [2.45, 2.75) is 90.1 Å². The van der Waals surface area contributed by atoms with Gasteiger partial charge in [0.1, 0.15) is 57.3 Å². The monoisotopic (exact) mass is 960 g/mol. The Bertz CT molecular complexity index is 2400. The van der Waals surface area contributed by atoms with Crippen LogP contribution in [0.3, 0.4) is 0 Å². The third kappa shape index (κ3) is 14.7. The van der Waals surface area contributed by atoms with Crippen LogP contribution >= 0.6 is 0 Å². The second-order valence-electron chi connectivity index (χ2n) is 15.2. The Balaban J connectivity index is 1.59. The number of hydrogen-bond acceptors (Lipinski definition) is 19. The number of aryl methyl sites for hydroxylation is 1. The van der Waals surface area contributed by atoms with Gasteiger partial charge in [0.05, 0.1) is 34.5 Å². The lowest BCUT2D eigenvalue weighted by molar-refractivity contribution is -0.239. The quantitative estimate of drug-likeness (QED) is 0.0393. The van der Waals surface area contributed by atoms with Crippen LogP contribution in [-0.2, 0) is 52.3 Å². The third-order valence-electron chi connectivity index (χ3n) is 10.2. The first kappa shape index (κ1) is 52.3. The standard InChI is InChI=1S/C50H56O19/c1-28-41(49(55)60-10)27-42(65-28)43(66-45(51)29(2)61-37-19-11-33(56-6)12-20-37)44(67-46(52)30(3)62-38-21-13-34(57-7)14-22-38)50(68-47(53)31(4)63-39-23-15-35(58-8)16-24-39)69-48(54)32(5)64-40-25-17-36(59-9)18-26-40/h11-17,19-27,29-32,36,43-44,50H,18H2,1-10H3. The Labute approximate surface area is 399 Å². The van der Waals surface area contributed by atoms with Crippen LogP contribution in [0.1, 0.15) is 62.1 Å². The van der Waals surface area contributed by atoms with E-state index in [2.05, 4.69) is 0 Å². The minimum absolute atomic E-state index is 0.0136. The highest BCUT2D eigenvalue weighted by Gasteiger charge is 2.47. The van der Waals surface area contributed by atoms with Crippen LogP contribution in [0.2, 0.25) is 0 Å². The highest BCUT2D eigenvalue weighted by atomic mass is 16.8. The van der Waals surface area contributed by atoms with E-state index in [0.29, 0.717) is 29.4 Å². The fourth-order valence-electron chi connectivity index (χ4n) is 6.35. The van der Waals surface area contributed by atoms with Gasteiger partial charge in [-0.05, 0) is 132 Å². The van der Waals surface area contributed by atoms with E-state index in [1.807, 2.05) is 0 Å². The fourth-order valence-corrected chi connectivity index (χ4v) is 6.35. The predicted molar refractivity (Wildman–Crippen MR) is 242 cm³/mol. The number of benzene rings is 3. The lowest BCUT2D eigenvalue weighted by Gasteiger charge is -2.33. The Morgan fingerprint density at radius 1 is 0.551 bits per heavy atom. The summed E-state index contributed by atoms with van der Waals surface area (Å²) in [5.74, 6) is -3.14. The van der Waals surface area contributed by atoms with Crippen LogP contribution in [0.15, 0.2) is 107 Å². The molecule has 0 radical (unpaired) electrons. The number of esters is 5. The minimum atomic E-state index is -2.29. The highest BCUT2D eigenvalue weighted by molar-refractivity contribution is 5.90. The number of allylic oxidation sites excluding steroid dienone is 1. The zero-order chi connectivity index (χ0) is 50.2. The van der Waals surface area contributed by atoms with Crippen molar-refractivity contribution in [2.75, 3.05) is 35.5 Å². The molecule has 8 unspecified atom stereocenters. The Kier molecular flexibility index (Phi) is 18.9. The number of ether oxygens (including phenoxy) is 13. The van der Waals surface area contributed by atoms with E-state index in [0.717, 1.165) is 7.11 Å². The maximum absolute atomic E-state index is 14.3. The molecule has 0 amide bonds. The molecule has 0 aliphatic heterocycles. The van der Waals surface area contributed by atoms with E-state index >= 15 is 0 Å². The summed E-state index contributed by atoms with van der Waals surface area (Å²) >= 11 is 0. The van der Waals surface area contributed by atoms with E-state index < -0.39 is 72.8 Å². The van der Waals surface area contributed by atoms with Crippen molar-refractivity contribution in [2.24, 2.45) is 0 Å². The molecule has 1 aromatic heterocycles. The lowest BCUT2D eigenvalue weighted by Crippen LogP contribution is -2.48. The highest BCUT2D eigenvalue weighted by Crippen LogP contribution is 2.34. The second kappa shape index (κ2) is 24.9. The molecule has 3 aromatic carbocycles. The first-order valence-corrected chi connectivity index (χ1v) is 21.6. The van der Waals surface area contributed by atoms with Crippen LogP contribution < -0.4 is 28.4 Å². The summed E-state index contributed by atoms with van der Waals surface area (Å²) in [4.78, 5) is 69.7. The number of furan rings is 1. The molecular formula is C50H56O19. The number of rotatable bonds is 24. The maximum atomic E-state index is 14.3. The van der Waals surface area contributed by atoms with Crippen molar-refractivity contribution in [1.82, 2.24) is 0 Å². The molecule has 19 nitrogen and oxygen atoms in total. The van der Waals surface area contributed by atoms with Gasteiger partial charge in [-0.3, -0.25) is 0 Å². The van der Waals surface area contributed by atoms with Crippen LogP contribution in [-0.4, -0.2) is 108 Å². The van der Waals surface area contributed by atoms with Gasteiger partial charge < -0.3 is 66.0 Å². The van der Waals surface area contributed by atoms with E-state index in [-0.39, 0.29) is 40.4 Å². The van der Waals surface area contributed by atoms with E-state index in [9.17, 15) is 24.0 Å². The summed E-state index contributed by atoms with van der Waals surface area (Å²) in [6, 6.07) is 20.0. The molecule has 0 saturated heterocycles. The fraction of sp³-hybridized carbons (Fsp3) is 0.380. The predicted octanol–water partition coefficient (Wildman–Crippen LogP) is 6.98. The topological polar surface area (TPSA) is 218 Å². The molecule has 1 aliphatic rings. The van der Waals surface area contributed by atoms with Gasteiger partial charge in [-0.2, -0.15) is 0 Å². The average Bonchev–Trinajstić information content (AvgIpc) is 3.75. The molecule has 0 bridgehead atoms. The van der Waals surface area contributed by atoms with Crippen LogP contribution in [0.4, 0.5) is 0 Å². The molecule has 19 heteroatoms. The molecule has 1 aliphatic carbocycles. The Morgan fingerprint density at radius 3 is 1.35 bits per heavy atom. The molecule has 0 fully saturated rings. The van der Waals surface area contributed by atoms with Crippen molar-refractivity contribution in [3.8, 4) is 34.5 Å². The van der Waals surface area contributed by atoms with E-state index in [4.69, 9.17) is 66.0 Å². The summed E-state index contributed by atoms with van der Waals surface area (Å²) in [6.45, 7) is 6.88. The lowest BCUT2D eigenvalue weighted by atomic mass is 10.1. The molecule has 370 valence electrons. The van der Waals surface area contributed by atoms with Gasteiger partial charge in [0.2, 0.25) is 12.2 Å². The smallest absolute Gasteiger partial charge is 0.350 e.